The third-order valence-corrected chi connectivity index (χ3v) is 9.73. The zero-order chi connectivity index (χ0) is 33.1. The topological polar surface area (TPSA) is 88.5 Å². The third-order valence-electron chi connectivity index (χ3n) is 9.73. The number of carboxylic acid groups (broad SMARTS) is 1. The van der Waals surface area contributed by atoms with Crippen LogP contribution < -0.4 is 14.2 Å². The number of likely N-dealkylation sites (tertiary alicyclic amines) is 2. The molecule has 1 amide bonds. The number of rotatable bonds is 10. The van der Waals surface area contributed by atoms with Crippen LogP contribution in [0.15, 0.2) is 66.7 Å². The number of alkyl halides is 3. The number of hydrogen-bond donors (Lipinski definition) is 1. The predicted molar refractivity (Wildman–Crippen MR) is 166 cm³/mol. The molecule has 2 aliphatic rings. The van der Waals surface area contributed by atoms with Gasteiger partial charge in [-0.25, -0.2) is 0 Å². The van der Waals surface area contributed by atoms with Crippen molar-refractivity contribution in [2.45, 2.75) is 42.7 Å². The lowest BCUT2D eigenvalue weighted by Crippen LogP contribution is -2.48. The van der Waals surface area contributed by atoms with Crippen LogP contribution in [0.3, 0.4) is 0 Å². The van der Waals surface area contributed by atoms with Crippen LogP contribution in [0.4, 0.5) is 13.2 Å². The summed E-state index contributed by atoms with van der Waals surface area (Å²) in [7, 11) is 4.42. The lowest BCUT2D eigenvalue weighted by Gasteiger charge is -2.40. The largest absolute Gasteiger partial charge is 0.493 e. The number of piperidine rings is 1. The predicted octanol–water partition coefficient (Wildman–Crippen LogP) is 6.02. The van der Waals surface area contributed by atoms with E-state index in [2.05, 4.69) is 4.90 Å². The Bertz CT molecular complexity index is 1510. The van der Waals surface area contributed by atoms with Gasteiger partial charge < -0.3 is 29.1 Å². The molecule has 0 bridgehead atoms. The summed E-state index contributed by atoms with van der Waals surface area (Å²) in [6.07, 6.45) is -2.41. The van der Waals surface area contributed by atoms with E-state index in [1.54, 1.807) is 17.0 Å². The van der Waals surface area contributed by atoms with E-state index in [4.69, 9.17) is 14.2 Å². The number of hydrogen-bond acceptors (Lipinski definition) is 6. The molecule has 2 heterocycles. The minimum atomic E-state index is -4.46. The molecule has 2 fully saturated rings. The quantitative estimate of drug-likeness (QED) is 0.290. The summed E-state index contributed by atoms with van der Waals surface area (Å²) in [6.45, 7) is 2.46. The zero-order valence-corrected chi connectivity index (χ0v) is 26.2. The summed E-state index contributed by atoms with van der Waals surface area (Å²) >= 11 is 0. The maximum absolute atomic E-state index is 13.8. The summed E-state index contributed by atoms with van der Waals surface area (Å²) < 4.78 is 56.5. The van der Waals surface area contributed by atoms with E-state index in [1.807, 2.05) is 30.3 Å². The molecule has 3 aromatic rings. The molecule has 2 saturated heterocycles. The Kier molecular flexibility index (Phi) is 9.53. The van der Waals surface area contributed by atoms with Crippen molar-refractivity contribution < 1.29 is 42.1 Å². The molecule has 0 saturated carbocycles. The van der Waals surface area contributed by atoms with Crippen LogP contribution in [0.2, 0.25) is 0 Å². The molecular weight excluding hydrogens is 601 g/mol. The number of carbonyl (C=O) groups excluding carboxylic acids is 1. The number of carboxylic acids is 1. The second-order valence-corrected chi connectivity index (χ2v) is 12.1. The van der Waals surface area contributed by atoms with E-state index in [1.165, 1.54) is 33.5 Å². The molecule has 1 atom stereocenters. The van der Waals surface area contributed by atoms with Crippen molar-refractivity contribution in [3.63, 3.8) is 0 Å². The standard InChI is InChI=1S/C35H39F3N2O6/c1-44-28-21-24(22-29(45-2)30(28)46-3)31(41)40-20-14-33(23-40,25-9-11-27(12-10-25)35(36,37)38)13-17-39-18-15-34(16-19-39,32(42)43)26-7-5-4-6-8-26/h4-12,21-22H,13-20,23H2,1-3H3,(H,42,43). The minimum Gasteiger partial charge on any atom is -0.493 e. The third kappa shape index (κ3) is 6.38. The van der Waals surface area contributed by atoms with E-state index >= 15 is 0 Å². The first-order chi connectivity index (χ1) is 22.0. The number of nitrogens with zero attached hydrogens (tertiary/aromatic N) is 2. The van der Waals surface area contributed by atoms with Crippen LogP contribution in [0, 0.1) is 0 Å². The molecule has 246 valence electrons. The van der Waals surface area contributed by atoms with E-state index < -0.39 is 28.5 Å². The highest BCUT2D eigenvalue weighted by molar-refractivity contribution is 5.96. The lowest BCUT2D eigenvalue weighted by molar-refractivity contribution is -0.146. The maximum atomic E-state index is 13.8. The van der Waals surface area contributed by atoms with Gasteiger partial charge >= 0.3 is 12.1 Å². The zero-order valence-electron chi connectivity index (χ0n) is 26.2. The Morgan fingerprint density at radius 2 is 1.43 bits per heavy atom. The summed E-state index contributed by atoms with van der Waals surface area (Å²) in [5.74, 6) is -0.0351. The summed E-state index contributed by atoms with van der Waals surface area (Å²) in [4.78, 5) is 30.2. The van der Waals surface area contributed by atoms with Crippen LogP contribution in [-0.2, 0) is 21.8 Å². The molecule has 8 nitrogen and oxygen atoms in total. The summed E-state index contributed by atoms with van der Waals surface area (Å²) in [6, 6.07) is 17.7. The van der Waals surface area contributed by atoms with Gasteiger partial charge in [0.05, 0.1) is 32.3 Å². The maximum Gasteiger partial charge on any atom is 0.416 e. The van der Waals surface area contributed by atoms with Crippen molar-refractivity contribution in [1.29, 1.82) is 0 Å². The number of halogens is 3. The average molecular weight is 641 g/mol. The second-order valence-electron chi connectivity index (χ2n) is 12.1. The van der Waals surface area contributed by atoms with Crippen LogP contribution in [0.25, 0.3) is 0 Å². The van der Waals surface area contributed by atoms with Gasteiger partial charge in [-0.1, -0.05) is 42.5 Å². The minimum absolute atomic E-state index is 0.250. The molecule has 3 aromatic carbocycles. The highest BCUT2D eigenvalue weighted by Gasteiger charge is 2.45. The highest BCUT2D eigenvalue weighted by atomic mass is 19.4. The number of carbonyl (C=O) groups is 2. The van der Waals surface area contributed by atoms with Gasteiger partial charge in [0.25, 0.3) is 5.91 Å². The molecule has 0 spiro atoms. The van der Waals surface area contributed by atoms with E-state index in [0.29, 0.717) is 81.2 Å². The fraction of sp³-hybridized carbons (Fsp3) is 0.429. The first-order valence-electron chi connectivity index (χ1n) is 15.2. The first-order valence-corrected chi connectivity index (χ1v) is 15.2. The number of amides is 1. The van der Waals surface area contributed by atoms with Gasteiger partial charge in [0.15, 0.2) is 11.5 Å². The summed E-state index contributed by atoms with van der Waals surface area (Å²) in [5, 5.41) is 10.2. The molecular formula is C35H39F3N2O6. The van der Waals surface area contributed by atoms with Crippen LogP contribution >= 0.6 is 0 Å². The highest BCUT2D eigenvalue weighted by Crippen LogP contribution is 2.43. The van der Waals surface area contributed by atoms with Gasteiger partial charge in [-0.05, 0) is 80.7 Å². The molecule has 11 heteroatoms. The van der Waals surface area contributed by atoms with E-state index in [0.717, 1.165) is 23.3 Å². The number of methoxy groups -OCH3 is 3. The molecule has 46 heavy (non-hydrogen) atoms. The number of benzene rings is 3. The van der Waals surface area contributed by atoms with Crippen molar-refractivity contribution in [3.8, 4) is 17.2 Å². The molecule has 1 N–H and O–H groups in total. The fourth-order valence-corrected chi connectivity index (χ4v) is 6.94. The Morgan fingerprint density at radius 1 is 0.826 bits per heavy atom. The van der Waals surface area contributed by atoms with Crippen molar-refractivity contribution in [2.75, 3.05) is 54.1 Å². The molecule has 5 rings (SSSR count). The summed E-state index contributed by atoms with van der Waals surface area (Å²) in [5.41, 5.74) is -0.403. The first kappa shape index (κ1) is 33.1. The van der Waals surface area contributed by atoms with Gasteiger partial charge in [-0.15, -0.1) is 0 Å². The molecule has 2 aliphatic heterocycles. The van der Waals surface area contributed by atoms with Gasteiger partial charge in [-0.2, -0.15) is 13.2 Å². The number of aliphatic carboxylic acids is 1. The Labute approximate surface area is 266 Å². The lowest BCUT2D eigenvalue weighted by atomic mass is 9.72. The van der Waals surface area contributed by atoms with Gasteiger partial charge in [0.1, 0.15) is 0 Å². The Balaban J connectivity index is 1.38. The van der Waals surface area contributed by atoms with E-state index in [9.17, 15) is 27.9 Å². The Hall–Kier alpha value is -4.25. The molecule has 0 aliphatic carbocycles. The van der Waals surface area contributed by atoms with Gasteiger partial charge in [-0.3, -0.25) is 9.59 Å². The normalized spacial score (nSPS) is 19.9. The monoisotopic (exact) mass is 640 g/mol. The molecule has 0 aromatic heterocycles. The van der Waals surface area contributed by atoms with E-state index in [-0.39, 0.29) is 5.91 Å². The van der Waals surface area contributed by atoms with Crippen LogP contribution in [0.5, 0.6) is 17.2 Å². The van der Waals surface area contributed by atoms with Crippen molar-refractivity contribution in [1.82, 2.24) is 9.80 Å². The molecule has 0 radical (unpaired) electrons. The van der Waals surface area contributed by atoms with Crippen LogP contribution in [-0.4, -0.2) is 80.8 Å². The van der Waals surface area contributed by atoms with Gasteiger partial charge in [0.2, 0.25) is 5.75 Å². The smallest absolute Gasteiger partial charge is 0.416 e. The molecule has 1 unspecified atom stereocenters. The number of ether oxygens (including phenoxy) is 3. The van der Waals surface area contributed by atoms with Crippen molar-refractivity contribution >= 4 is 11.9 Å². The second kappa shape index (κ2) is 13.2. The van der Waals surface area contributed by atoms with Crippen molar-refractivity contribution in [2.24, 2.45) is 0 Å². The van der Waals surface area contributed by atoms with Crippen molar-refractivity contribution in [3.05, 3.63) is 89.0 Å². The SMILES string of the molecule is COc1cc(C(=O)N2CCC(CCN3CCC(C(=O)O)(c4ccccc4)CC3)(c3ccc(C(F)(F)F)cc3)C2)cc(OC)c1OC. The fourth-order valence-electron chi connectivity index (χ4n) is 6.94. The Morgan fingerprint density at radius 3 is 1.96 bits per heavy atom. The average Bonchev–Trinajstić information content (AvgIpc) is 3.52. The van der Waals surface area contributed by atoms with Crippen LogP contribution in [0.1, 0.15) is 52.7 Å². The van der Waals surface area contributed by atoms with Gasteiger partial charge in [0, 0.05) is 24.1 Å².